The number of carboxylic acids is 3. The molecular formula is C22H17F10N5O7. The largest absolute Gasteiger partial charge is 0.490 e. The minimum atomic E-state index is -5.08. The van der Waals surface area contributed by atoms with Crippen LogP contribution in [0.3, 0.4) is 0 Å². The van der Waals surface area contributed by atoms with Gasteiger partial charge in [-0.1, -0.05) is 12.1 Å². The van der Waals surface area contributed by atoms with Gasteiger partial charge in [-0.2, -0.15) is 44.6 Å². The Morgan fingerprint density at radius 2 is 1.27 bits per heavy atom. The number of aromatic nitrogens is 3. The van der Waals surface area contributed by atoms with Crippen molar-refractivity contribution >= 4 is 29.5 Å². The van der Waals surface area contributed by atoms with Crippen LogP contribution in [-0.4, -0.2) is 72.8 Å². The van der Waals surface area contributed by atoms with E-state index in [2.05, 4.69) is 20.5 Å². The van der Waals surface area contributed by atoms with Gasteiger partial charge in [-0.15, -0.1) is 0 Å². The van der Waals surface area contributed by atoms with Crippen LogP contribution in [0, 0.1) is 5.82 Å². The number of hydrogen-bond acceptors (Lipinski definition) is 7. The second-order valence-corrected chi connectivity index (χ2v) is 7.34. The molecule has 0 fully saturated rings. The quantitative estimate of drug-likeness (QED) is 0.222. The van der Waals surface area contributed by atoms with E-state index in [0.717, 1.165) is 5.56 Å². The molecule has 0 spiro atoms. The number of carbonyl (C=O) groups is 4. The number of carbonyl (C=O) groups excluding carboxylic acids is 1. The second-order valence-electron chi connectivity index (χ2n) is 7.34. The summed E-state index contributed by atoms with van der Waals surface area (Å²) in [6.45, 7) is 0. The van der Waals surface area contributed by atoms with Crippen molar-refractivity contribution < 1.29 is 78.4 Å². The van der Waals surface area contributed by atoms with Gasteiger partial charge in [-0.25, -0.2) is 18.8 Å². The third-order valence-corrected chi connectivity index (χ3v) is 4.11. The molecule has 242 valence electrons. The van der Waals surface area contributed by atoms with Crippen molar-refractivity contribution in [1.29, 1.82) is 0 Å². The molecule has 12 nitrogen and oxygen atoms in total. The summed E-state index contributed by atoms with van der Waals surface area (Å²) in [7, 11) is 0. The Morgan fingerprint density at radius 3 is 1.61 bits per heavy atom. The predicted molar refractivity (Wildman–Crippen MR) is 125 cm³/mol. The van der Waals surface area contributed by atoms with Crippen LogP contribution in [0.15, 0.2) is 55.1 Å². The summed E-state index contributed by atoms with van der Waals surface area (Å²) in [6.07, 6.45) is -8.92. The van der Waals surface area contributed by atoms with Crippen molar-refractivity contribution in [2.24, 2.45) is 5.73 Å². The number of aromatic amines is 1. The normalized spacial score (nSPS) is 11.6. The molecule has 0 saturated heterocycles. The lowest BCUT2D eigenvalue weighted by atomic mass is 10.1. The van der Waals surface area contributed by atoms with Crippen molar-refractivity contribution in [3.8, 4) is 11.1 Å². The van der Waals surface area contributed by atoms with E-state index in [4.69, 9.17) is 35.4 Å². The molecule has 1 aromatic carbocycles. The molecule has 0 aliphatic heterocycles. The van der Waals surface area contributed by atoms with Crippen molar-refractivity contribution in [2.45, 2.75) is 24.6 Å². The summed E-state index contributed by atoms with van der Waals surface area (Å²) in [6, 6.07) is 6.97. The Hall–Kier alpha value is -5.28. The van der Waals surface area contributed by atoms with Gasteiger partial charge in [0.25, 0.3) is 0 Å². The number of nitrogens with two attached hydrogens (primary N) is 1. The first-order valence-corrected chi connectivity index (χ1v) is 10.6. The van der Waals surface area contributed by atoms with Crippen molar-refractivity contribution in [1.82, 2.24) is 15.2 Å². The topological polar surface area (TPSA) is 209 Å². The third kappa shape index (κ3) is 14.6. The van der Waals surface area contributed by atoms with Gasteiger partial charge in [0.1, 0.15) is 11.9 Å². The molecule has 0 aliphatic rings. The summed E-state index contributed by atoms with van der Waals surface area (Å²) >= 11 is 0. The van der Waals surface area contributed by atoms with E-state index in [1.807, 2.05) is 0 Å². The van der Waals surface area contributed by atoms with E-state index in [0.29, 0.717) is 11.1 Å². The minimum Gasteiger partial charge on any atom is -0.475 e. The standard InChI is InChI=1S/C16H14FN5O.3C2HF3O2/c17-13-6-10(12-8-20-21-9-12)3-4-14(13)22-16(23)15(18)11-2-1-5-19-7-11;3*3-2(4,5)1(6)7/h1-9,15H,18H2,(H,20,21)(H,22,23);3*(H,6,7). The summed E-state index contributed by atoms with van der Waals surface area (Å²) < 4.78 is 109. The van der Waals surface area contributed by atoms with Gasteiger partial charge in [-0.05, 0) is 29.3 Å². The van der Waals surface area contributed by atoms with Crippen molar-refractivity contribution in [3.63, 3.8) is 0 Å². The molecule has 0 saturated carbocycles. The van der Waals surface area contributed by atoms with E-state index >= 15 is 0 Å². The van der Waals surface area contributed by atoms with Crippen molar-refractivity contribution in [2.75, 3.05) is 5.32 Å². The average Bonchev–Trinajstić information content (AvgIpc) is 3.44. The number of alkyl halides is 9. The first kappa shape index (κ1) is 38.7. The van der Waals surface area contributed by atoms with Crippen LogP contribution in [0.25, 0.3) is 11.1 Å². The van der Waals surface area contributed by atoms with E-state index in [1.165, 1.54) is 18.3 Å². The van der Waals surface area contributed by atoms with Crippen LogP contribution in [0.4, 0.5) is 49.6 Å². The number of carboxylic acid groups (broad SMARTS) is 3. The number of amides is 1. The van der Waals surface area contributed by atoms with Gasteiger partial charge in [0.05, 0.1) is 11.9 Å². The molecule has 22 heteroatoms. The maximum atomic E-state index is 14.2. The highest BCUT2D eigenvalue weighted by Crippen LogP contribution is 2.24. The summed E-state index contributed by atoms with van der Waals surface area (Å²) in [5.41, 5.74) is 7.90. The van der Waals surface area contributed by atoms with Gasteiger partial charge in [0, 0.05) is 24.2 Å². The first-order valence-electron chi connectivity index (χ1n) is 10.6. The van der Waals surface area contributed by atoms with Crippen LogP contribution in [-0.2, 0) is 19.2 Å². The third-order valence-electron chi connectivity index (χ3n) is 4.11. The van der Waals surface area contributed by atoms with Crippen molar-refractivity contribution in [3.05, 3.63) is 66.5 Å². The fourth-order valence-electron chi connectivity index (χ4n) is 2.13. The Bertz CT molecular complexity index is 1320. The van der Waals surface area contributed by atoms with E-state index in [-0.39, 0.29) is 5.69 Å². The number of H-pyrrole nitrogens is 1. The zero-order valence-corrected chi connectivity index (χ0v) is 21.0. The molecule has 0 radical (unpaired) electrons. The van der Waals surface area contributed by atoms with Crippen LogP contribution in [0.5, 0.6) is 0 Å². The van der Waals surface area contributed by atoms with Crippen LogP contribution in [0.2, 0.25) is 0 Å². The SMILES string of the molecule is NC(C(=O)Nc1ccc(-c2cn[nH]c2)cc1F)c1cccnc1.O=C(O)C(F)(F)F.O=C(O)C(F)(F)F.O=C(O)C(F)(F)F. The Balaban J connectivity index is 0.000000721. The number of nitrogens with one attached hydrogen (secondary N) is 2. The maximum absolute atomic E-state index is 14.2. The smallest absolute Gasteiger partial charge is 0.475 e. The highest BCUT2D eigenvalue weighted by atomic mass is 19.4. The van der Waals surface area contributed by atoms with Crippen LogP contribution >= 0.6 is 0 Å². The molecule has 3 aromatic rings. The molecule has 0 aliphatic carbocycles. The molecule has 2 heterocycles. The number of anilines is 1. The van der Waals surface area contributed by atoms with Gasteiger partial charge >= 0.3 is 36.4 Å². The Kier molecular flexibility index (Phi) is 14.4. The molecular weight excluding hydrogens is 636 g/mol. The highest BCUT2D eigenvalue weighted by molar-refractivity contribution is 5.95. The zero-order valence-electron chi connectivity index (χ0n) is 21.0. The molecule has 7 N–H and O–H groups in total. The van der Waals surface area contributed by atoms with E-state index in [1.54, 1.807) is 36.8 Å². The monoisotopic (exact) mass is 653 g/mol. The number of nitrogens with zero attached hydrogens (tertiary/aromatic N) is 2. The van der Waals surface area contributed by atoms with Gasteiger partial charge in [0.2, 0.25) is 5.91 Å². The fraction of sp³-hybridized carbons (Fsp3) is 0.182. The minimum absolute atomic E-state index is 0.0709. The number of hydrogen-bond donors (Lipinski definition) is 6. The summed E-state index contributed by atoms with van der Waals surface area (Å²) in [4.78, 5) is 42.7. The second kappa shape index (κ2) is 16.4. The lowest BCUT2D eigenvalue weighted by molar-refractivity contribution is -0.193. The van der Waals surface area contributed by atoms with E-state index in [9.17, 15) is 48.7 Å². The predicted octanol–water partition coefficient (Wildman–Crippen LogP) is 4.15. The van der Waals surface area contributed by atoms with Gasteiger partial charge < -0.3 is 26.4 Å². The zero-order chi connectivity index (χ0) is 34.5. The van der Waals surface area contributed by atoms with E-state index < -0.39 is 54.2 Å². The van der Waals surface area contributed by atoms with Crippen LogP contribution < -0.4 is 11.1 Å². The number of aliphatic carboxylic acids is 3. The fourth-order valence-corrected chi connectivity index (χ4v) is 2.13. The summed E-state index contributed by atoms with van der Waals surface area (Å²) in [5.74, 6) is -9.32. The molecule has 1 amide bonds. The Labute approximate surface area is 237 Å². The maximum Gasteiger partial charge on any atom is 0.490 e. The molecule has 1 atom stereocenters. The lowest BCUT2D eigenvalue weighted by Crippen LogP contribution is -2.28. The molecule has 1 unspecified atom stereocenters. The molecule has 2 aromatic heterocycles. The number of pyridine rings is 1. The number of rotatable bonds is 4. The Morgan fingerprint density at radius 1 is 0.795 bits per heavy atom. The molecule has 3 rings (SSSR count). The number of halogens is 10. The van der Waals surface area contributed by atoms with Crippen LogP contribution in [0.1, 0.15) is 11.6 Å². The van der Waals surface area contributed by atoms with Gasteiger partial charge in [0.15, 0.2) is 0 Å². The molecule has 0 bridgehead atoms. The lowest BCUT2D eigenvalue weighted by Gasteiger charge is -2.13. The van der Waals surface area contributed by atoms with Gasteiger partial charge in [-0.3, -0.25) is 14.9 Å². The number of benzene rings is 1. The summed E-state index contributed by atoms with van der Waals surface area (Å²) in [5, 5.41) is 30.3. The highest BCUT2D eigenvalue weighted by Gasteiger charge is 2.39. The average molecular weight is 653 g/mol. The molecule has 44 heavy (non-hydrogen) atoms. The first-order chi connectivity index (χ1) is 20.0.